The number of aromatic nitrogens is 1. The molecule has 1 aromatic carbocycles. The van der Waals surface area contributed by atoms with Crippen molar-refractivity contribution in [1.29, 1.82) is 0 Å². The van der Waals surface area contributed by atoms with Crippen LogP contribution in [0.3, 0.4) is 0 Å². The van der Waals surface area contributed by atoms with Gasteiger partial charge in [-0.2, -0.15) is 0 Å². The number of para-hydroxylation sites is 1. The summed E-state index contributed by atoms with van der Waals surface area (Å²) >= 11 is 0. The lowest BCUT2D eigenvalue weighted by atomic mass is 9.99. The second kappa shape index (κ2) is 8.01. The highest BCUT2D eigenvalue weighted by Crippen LogP contribution is 2.40. The molecule has 4 aromatic rings. The van der Waals surface area contributed by atoms with E-state index in [0.29, 0.717) is 23.1 Å². The van der Waals surface area contributed by atoms with Gasteiger partial charge in [-0.3, -0.25) is 19.5 Å². The monoisotopic (exact) mass is 441 g/mol. The minimum absolute atomic E-state index is 0.107. The Morgan fingerprint density at radius 3 is 2.64 bits per heavy atom. The molecule has 1 saturated heterocycles. The number of likely N-dealkylation sites (tertiary alicyclic amines) is 1. The number of fused-ring (bicyclic) bond motifs is 2. The fraction of sp³-hybridized carbons (Fsp3) is 0.269. The third-order valence-electron chi connectivity index (χ3n) is 6.70. The maximum absolute atomic E-state index is 13.7. The van der Waals surface area contributed by atoms with E-state index in [9.17, 15) is 9.59 Å². The number of pyridine rings is 1. The SMILES string of the molecule is O=C1c2oc3ccccc3c(=O)c2[C@@H](c2cccnc2)N1C[C@@H](c1ccco1)N1CCCC1. The molecule has 0 aliphatic carbocycles. The molecule has 0 spiro atoms. The normalized spacial score (nSPS) is 19.3. The molecule has 3 aromatic heterocycles. The quantitative estimate of drug-likeness (QED) is 0.463. The summed E-state index contributed by atoms with van der Waals surface area (Å²) in [7, 11) is 0. The first-order chi connectivity index (χ1) is 16.2. The number of carbonyl (C=O) groups excluding carboxylic acids is 1. The van der Waals surface area contributed by atoms with Crippen molar-refractivity contribution in [2.75, 3.05) is 19.6 Å². The zero-order valence-corrected chi connectivity index (χ0v) is 18.0. The number of benzene rings is 1. The Labute approximate surface area is 190 Å². The molecule has 33 heavy (non-hydrogen) atoms. The first-order valence-corrected chi connectivity index (χ1v) is 11.3. The van der Waals surface area contributed by atoms with Crippen molar-refractivity contribution in [3.8, 4) is 0 Å². The summed E-state index contributed by atoms with van der Waals surface area (Å²) in [6.45, 7) is 2.27. The van der Waals surface area contributed by atoms with Crippen LogP contribution in [0.4, 0.5) is 0 Å². The van der Waals surface area contributed by atoms with Crippen LogP contribution in [0.25, 0.3) is 11.0 Å². The molecule has 7 nitrogen and oxygen atoms in total. The standard InChI is InChI=1S/C26H23N3O4/c30-24-18-8-1-2-9-20(18)33-25-22(24)23(17-7-5-11-27-15-17)29(26(25)31)16-19(21-10-6-14-32-21)28-12-3-4-13-28/h1-2,5-11,14-15,19,23H,3-4,12-13,16H2/t19-,23+/m0/s1. The fourth-order valence-electron chi connectivity index (χ4n) is 5.15. The summed E-state index contributed by atoms with van der Waals surface area (Å²) in [5.74, 6) is 0.652. The van der Waals surface area contributed by atoms with Crippen LogP contribution in [-0.4, -0.2) is 40.3 Å². The van der Waals surface area contributed by atoms with Crippen molar-refractivity contribution in [2.24, 2.45) is 0 Å². The van der Waals surface area contributed by atoms with E-state index in [1.807, 2.05) is 24.3 Å². The minimum Gasteiger partial charge on any atom is -0.468 e. The third kappa shape index (κ3) is 3.27. The lowest BCUT2D eigenvalue weighted by molar-refractivity contribution is 0.0643. The molecule has 0 radical (unpaired) electrons. The number of rotatable bonds is 5. The zero-order chi connectivity index (χ0) is 22.4. The Morgan fingerprint density at radius 2 is 1.88 bits per heavy atom. The predicted octanol–water partition coefficient (Wildman–Crippen LogP) is 4.16. The molecule has 2 atom stereocenters. The number of furan rings is 1. The van der Waals surface area contributed by atoms with Gasteiger partial charge in [0.1, 0.15) is 11.3 Å². The second-order valence-electron chi connectivity index (χ2n) is 8.59. The average molecular weight is 441 g/mol. The van der Waals surface area contributed by atoms with Crippen molar-refractivity contribution in [3.05, 3.63) is 100 Å². The molecule has 5 heterocycles. The molecular weight excluding hydrogens is 418 g/mol. The second-order valence-corrected chi connectivity index (χ2v) is 8.59. The van der Waals surface area contributed by atoms with E-state index in [2.05, 4.69) is 9.88 Å². The van der Waals surface area contributed by atoms with Gasteiger partial charge in [0.2, 0.25) is 5.76 Å². The first-order valence-electron chi connectivity index (χ1n) is 11.3. The molecule has 0 saturated carbocycles. The zero-order valence-electron chi connectivity index (χ0n) is 18.0. The van der Waals surface area contributed by atoms with E-state index in [-0.39, 0.29) is 23.1 Å². The number of hydrogen-bond acceptors (Lipinski definition) is 6. The van der Waals surface area contributed by atoms with Gasteiger partial charge in [-0.05, 0) is 61.8 Å². The lowest BCUT2D eigenvalue weighted by Gasteiger charge is -2.33. The van der Waals surface area contributed by atoms with Crippen LogP contribution < -0.4 is 5.43 Å². The highest BCUT2D eigenvalue weighted by atomic mass is 16.3. The van der Waals surface area contributed by atoms with E-state index < -0.39 is 6.04 Å². The molecule has 2 aliphatic rings. The Bertz CT molecular complexity index is 1360. The van der Waals surface area contributed by atoms with Crippen LogP contribution in [-0.2, 0) is 0 Å². The predicted molar refractivity (Wildman–Crippen MR) is 122 cm³/mol. The van der Waals surface area contributed by atoms with Crippen LogP contribution in [0.2, 0.25) is 0 Å². The molecule has 0 bridgehead atoms. The summed E-state index contributed by atoms with van der Waals surface area (Å²) in [6.07, 6.45) is 7.29. The number of nitrogens with zero attached hydrogens (tertiary/aromatic N) is 3. The minimum atomic E-state index is -0.567. The van der Waals surface area contributed by atoms with Gasteiger partial charge in [0.25, 0.3) is 5.91 Å². The van der Waals surface area contributed by atoms with Gasteiger partial charge in [0, 0.05) is 18.9 Å². The van der Waals surface area contributed by atoms with Crippen LogP contribution in [0.5, 0.6) is 0 Å². The Balaban J connectivity index is 1.50. The summed E-state index contributed by atoms with van der Waals surface area (Å²) in [4.78, 5) is 35.7. The van der Waals surface area contributed by atoms with Crippen LogP contribution in [0, 0.1) is 0 Å². The molecule has 7 heteroatoms. The van der Waals surface area contributed by atoms with Crippen molar-refractivity contribution in [3.63, 3.8) is 0 Å². The molecule has 0 unspecified atom stereocenters. The lowest BCUT2D eigenvalue weighted by Crippen LogP contribution is -2.39. The number of carbonyl (C=O) groups is 1. The van der Waals surface area contributed by atoms with Gasteiger partial charge < -0.3 is 13.7 Å². The van der Waals surface area contributed by atoms with Gasteiger partial charge in [-0.25, -0.2) is 0 Å². The summed E-state index contributed by atoms with van der Waals surface area (Å²) < 4.78 is 11.8. The van der Waals surface area contributed by atoms with Gasteiger partial charge >= 0.3 is 0 Å². The summed E-state index contributed by atoms with van der Waals surface area (Å²) in [5.41, 5.74) is 1.41. The van der Waals surface area contributed by atoms with Crippen LogP contribution in [0.1, 0.15) is 52.4 Å². The topological polar surface area (TPSA) is 79.8 Å². The number of hydrogen-bond donors (Lipinski definition) is 0. The molecule has 1 fully saturated rings. The Morgan fingerprint density at radius 1 is 1.03 bits per heavy atom. The van der Waals surface area contributed by atoms with Crippen molar-refractivity contribution in [1.82, 2.24) is 14.8 Å². The van der Waals surface area contributed by atoms with E-state index >= 15 is 0 Å². The summed E-state index contributed by atoms with van der Waals surface area (Å²) in [6, 6.07) is 13.9. The molecule has 6 rings (SSSR count). The number of amides is 1. The van der Waals surface area contributed by atoms with Crippen molar-refractivity contribution >= 4 is 16.9 Å². The van der Waals surface area contributed by atoms with Crippen LogP contribution >= 0.6 is 0 Å². The van der Waals surface area contributed by atoms with Crippen molar-refractivity contribution < 1.29 is 13.6 Å². The highest BCUT2D eigenvalue weighted by molar-refractivity contribution is 5.99. The molecular formula is C26H23N3O4. The highest BCUT2D eigenvalue weighted by Gasteiger charge is 2.44. The van der Waals surface area contributed by atoms with Gasteiger partial charge in [-0.1, -0.05) is 18.2 Å². The maximum atomic E-state index is 13.7. The molecule has 166 valence electrons. The summed E-state index contributed by atoms with van der Waals surface area (Å²) in [5, 5.41) is 0.474. The third-order valence-corrected chi connectivity index (χ3v) is 6.70. The van der Waals surface area contributed by atoms with E-state index in [0.717, 1.165) is 37.3 Å². The first kappa shape index (κ1) is 19.9. The van der Waals surface area contributed by atoms with Gasteiger partial charge in [0.05, 0.1) is 29.3 Å². The fourth-order valence-corrected chi connectivity index (χ4v) is 5.15. The Kier molecular flexibility index (Phi) is 4.84. The van der Waals surface area contributed by atoms with Gasteiger partial charge in [0.15, 0.2) is 5.43 Å². The van der Waals surface area contributed by atoms with Crippen molar-refractivity contribution in [2.45, 2.75) is 24.9 Å². The van der Waals surface area contributed by atoms with Gasteiger partial charge in [-0.15, -0.1) is 0 Å². The molecule has 0 N–H and O–H groups in total. The molecule has 2 aliphatic heterocycles. The van der Waals surface area contributed by atoms with E-state index in [1.165, 1.54) is 0 Å². The Hall–Kier alpha value is -3.71. The smallest absolute Gasteiger partial charge is 0.290 e. The molecule has 1 amide bonds. The van der Waals surface area contributed by atoms with E-state index in [4.69, 9.17) is 8.83 Å². The van der Waals surface area contributed by atoms with E-state index in [1.54, 1.807) is 47.8 Å². The maximum Gasteiger partial charge on any atom is 0.290 e. The average Bonchev–Trinajstić information content (AvgIpc) is 3.61. The van der Waals surface area contributed by atoms with Crippen LogP contribution in [0.15, 0.2) is 80.8 Å². The largest absolute Gasteiger partial charge is 0.468 e.